The van der Waals surface area contributed by atoms with Crippen molar-refractivity contribution in [3.8, 4) is 0 Å². The molecule has 9 heavy (non-hydrogen) atoms. The van der Waals surface area contributed by atoms with Crippen LogP contribution in [0, 0.1) is 0 Å². The van der Waals surface area contributed by atoms with Crippen molar-refractivity contribution in [2.45, 2.75) is 32.9 Å². The van der Waals surface area contributed by atoms with E-state index in [1.165, 1.54) is 0 Å². The minimum Gasteiger partial charge on any atom is -0.447 e. The molecule has 0 fully saturated rings. The van der Waals surface area contributed by atoms with Gasteiger partial charge in [0, 0.05) is 6.42 Å². The van der Waals surface area contributed by atoms with Gasteiger partial charge >= 0.3 is 5.97 Å². The van der Waals surface area contributed by atoms with Crippen molar-refractivity contribution in [3.05, 3.63) is 0 Å². The third-order valence-electron chi connectivity index (χ3n) is 0.974. The van der Waals surface area contributed by atoms with Crippen molar-refractivity contribution >= 4 is 5.97 Å². The second kappa shape index (κ2) is 4.32. The molecule has 54 valence electrons. The van der Waals surface area contributed by atoms with Gasteiger partial charge in [0.05, 0.1) is 0 Å². The summed E-state index contributed by atoms with van der Waals surface area (Å²) in [6.07, 6.45) is 0.650. The Balaban J connectivity index is 3.34. The van der Waals surface area contributed by atoms with Gasteiger partial charge in [-0.1, -0.05) is 13.8 Å². The standard InChI is InChI=1S/C6H13NO2/c1-3-5(7)9-6(8)4-2/h5H,3-4,7H2,1-2H3. The van der Waals surface area contributed by atoms with Crippen molar-refractivity contribution in [3.63, 3.8) is 0 Å². The Hall–Kier alpha value is -0.570. The Morgan fingerprint density at radius 3 is 2.56 bits per heavy atom. The van der Waals surface area contributed by atoms with Crippen LogP contribution in [-0.4, -0.2) is 12.2 Å². The van der Waals surface area contributed by atoms with E-state index in [4.69, 9.17) is 5.73 Å². The normalized spacial score (nSPS) is 12.8. The third kappa shape index (κ3) is 3.97. The molecular weight excluding hydrogens is 118 g/mol. The monoisotopic (exact) mass is 131 g/mol. The number of esters is 1. The molecule has 0 radical (unpaired) electrons. The molecule has 0 bridgehead atoms. The van der Waals surface area contributed by atoms with Crippen molar-refractivity contribution in [2.24, 2.45) is 5.73 Å². The second-order valence-corrected chi connectivity index (χ2v) is 1.79. The predicted molar refractivity (Wildman–Crippen MR) is 34.6 cm³/mol. The maximum atomic E-state index is 10.5. The summed E-state index contributed by atoms with van der Waals surface area (Å²) < 4.78 is 4.69. The lowest BCUT2D eigenvalue weighted by molar-refractivity contribution is -0.148. The molecule has 0 saturated heterocycles. The minimum absolute atomic E-state index is 0.232. The van der Waals surface area contributed by atoms with E-state index in [-0.39, 0.29) is 5.97 Å². The highest BCUT2D eigenvalue weighted by molar-refractivity contribution is 5.68. The number of ether oxygens (including phenoxy) is 1. The van der Waals surface area contributed by atoms with Gasteiger partial charge in [0.25, 0.3) is 0 Å². The molecule has 0 aromatic carbocycles. The zero-order valence-electron chi connectivity index (χ0n) is 5.89. The van der Waals surface area contributed by atoms with Gasteiger partial charge < -0.3 is 4.74 Å². The summed E-state index contributed by atoms with van der Waals surface area (Å²) in [6, 6.07) is 0. The van der Waals surface area contributed by atoms with Crippen LogP contribution in [0.15, 0.2) is 0 Å². The molecule has 0 aromatic rings. The van der Waals surface area contributed by atoms with Gasteiger partial charge in [0.2, 0.25) is 0 Å². The lowest BCUT2D eigenvalue weighted by Crippen LogP contribution is -2.25. The summed E-state index contributed by atoms with van der Waals surface area (Å²) in [6.45, 7) is 3.61. The Labute approximate surface area is 55.2 Å². The highest BCUT2D eigenvalue weighted by Crippen LogP contribution is 1.91. The number of carbonyl (C=O) groups excluding carboxylic acids is 1. The molecule has 0 saturated carbocycles. The van der Waals surface area contributed by atoms with E-state index in [9.17, 15) is 4.79 Å². The predicted octanol–water partition coefficient (Wildman–Crippen LogP) is 0.634. The summed E-state index contributed by atoms with van der Waals surface area (Å²) in [4.78, 5) is 10.5. The average molecular weight is 131 g/mol. The number of rotatable bonds is 3. The van der Waals surface area contributed by atoms with Crippen LogP contribution in [-0.2, 0) is 9.53 Å². The van der Waals surface area contributed by atoms with Gasteiger partial charge in [-0.2, -0.15) is 0 Å². The van der Waals surface area contributed by atoms with Crippen LogP contribution in [0.3, 0.4) is 0 Å². The highest BCUT2D eigenvalue weighted by Gasteiger charge is 2.03. The van der Waals surface area contributed by atoms with Crippen LogP contribution in [0.2, 0.25) is 0 Å². The van der Waals surface area contributed by atoms with E-state index < -0.39 is 6.23 Å². The zero-order valence-corrected chi connectivity index (χ0v) is 5.89. The number of carbonyl (C=O) groups is 1. The molecule has 0 aliphatic rings. The first-order chi connectivity index (χ1) is 4.20. The second-order valence-electron chi connectivity index (χ2n) is 1.79. The van der Waals surface area contributed by atoms with E-state index in [0.717, 1.165) is 0 Å². The van der Waals surface area contributed by atoms with Crippen molar-refractivity contribution in [1.29, 1.82) is 0 Å². The summed E-state index contributed by atoms with van der Waals surface area (Å²) in [7, 11) is 0. The van der Waals surface area contributed by atoms with Gasteiger partial charge in [-0.15, -0.1) is 0 Å². The molecule has 1 unspecified atom stereocenters. The average Bonchev–Trinajstić information content (AvgIpc) is 1.87. The van der Waals surface area contributed by atoms with Gasteiger partial charge in [-0.05, 0) is 6.42 Å². The molecule has 0 spiro atoms. The summed E-state index contributed by atoms with van der Waals surface area (Å²) in [5.74, 6) is -0.232. The fraction of sp³-hybridized carbons (Fsp3) is 0.833. The van der Waals surface area contributed by atoms with Crippen molar-refractivity contribution in [2.75, 3.05) is 0 Å². The molecule has 2 N–H and O–H groups in total. The summed E-state index contributed by atoms with van der Waals surface area (Å²) in [5.41, 5.74) is 5.31. The van der Waals surface area contributed by atoms with Gasteiger partial charge in [0.15, 0.2) is 6.23 Å². The number of hydrogen-bond acceptors (Lipinski definition) is 3. The van der Waals surface area contributed by atoms with E-state index in [1.54, 1.807) is 6.92 Å². The molecule has 3 nitrogen and oxygen atoms in total. The molecule has 0 aliphatic heterocycles. The van der Waals surface area contributed by atoms with Crippen molar-refractivity contribution < 1.29 is 9.53 Å². The smallest absolute Gasteiger partial charge is 0.307 e. The number of hydrogen-bond donors (Lipinski definition) is 1. The van der Waals surface area contributed by atoms with Crippen LogP contribution in [0.25, 0.3) is 0 Å². The van der Waals surface area contributed by atoms with E-state index in [1.807, 2.05) is 6.92 Å². The fourth-order valence-corrected chi connectivity index (χ4v) is 0.336. The van der Waals surface area contributed by atoms with Gasteiger partial charge in [-0.25, -0.2) is 0 Å². The molecule has 1 atom stereocenters. The van der Waals surface area contributed by atoms with Crippen LogP contribution >= 0.6 is 0 Å². The first-order valence-corrected chi connectivity index (χ1v) is 3.15. The first-order valence-electron chi connectivity index (χ1n) is 3.15. The lowest BCUT2D eigenvalue weighted by atomic mass is 10.4. The van der Waals surface area contributed by atoms with Crippen LogP contribution in [0.5, 0.6) is 0 Å². The van der Waals surface area contributed by atoms with Crippen LogP contribution < -0.4 is 5.73 Å². The Morgan fingerprint density at radius 2 is 2.22 bits per heavy atom. The minimum atomic E-state index is -0.419. The largest absolute Gasteiger partial charge is 0.447 e. The molecule has 0 rings (SSSR count). The van der Waals surface area contributed by atoms with Gasteiger partial charge in [-0.3, -0.25) is 10.5 Å². The molecule has 3 heteroatoms. The Morgan fingerprint density at radius 1 is 1.67 bits per heavy atom. The Bertz CT molecular complexity index is 93.1. The molecule has 0 aromatic heterocycles. The number of nitrogens with two attached hydrogens (primary N) is 1. The molecule has 0 heterocycles. The lowest BCUT2D eigenvalue weighted by Gasteiger charge is -2.08. The fourth-order valence-electron chi connectivity index (χ4n) is 0.336. The zero-order chi connectivity index (χ0) is 7.28. The van der Waals surface area contributed by atoms with E-state index in [0.29, 0.717) is 12.8 Å². The molecule has 0 amide bonds. The van der Waals surface area contributed by atoms with E-state index >= 15 is 0 Å². The van der Waals surface area contributed by atoms with Crippen molar-refractivity contribution in [1.82, 2.24) is 0 Å². The van der Waals surface area contributed by atoms with E-state index in [2.05, 4.69) is 4.74 Å². The molecule has 0 aliphatic carbocycles. The quantitative estimate of drug-likeness (QED) is 0.451. The summed E-state index contributed by atoms with van der Waals surface area (Å²) in [5, 5.41) is 0. The SMILES string of the molecule is CCC(=O)OC(N)CC. The van der Waals surface area contributed by atoms with Gasteiger partial charge in [0.1, 0.15) is 0 Å². The Kier molecular flexibility index (Phi) is 4.05. The summed E-state index contributed by atoms with van der Waals surface area (Å²) >= 11 is 0. The maximum Gasteiger partial charge on any atom is 0.307 e. The third-order valence-corrected chi connectivity index (χ3v) is 0.974. The molecular formula is C6H13NO2. The topological polar surface area (TPSA) is 52.3 Å². The van der Waals surface area contributed by atoms with Crippen LogP contribution in [0.1, 0.15) is 26.7 Å². The highest BCUT2D eigenvalue weighted by atomic mass is 16.6. The maximum absolute atomic E-state index is 10.5. The van der Waals surface area contributed by atoms with Crippen LogP contribution in [0.4, 0.5) is 0 Å². The first kappa shape index (κ1) is 8.43.